The number of Topliss-reactive ketones (excluding diaryl/α,β-unsaturated/α-hetero) is 1. The predicted octanol–water partition coefficient (Wildman–Crippen LogP) is 2.97. The van der Waals surface area contributed by atoms with E-state index in [-0.39, 0.29) is 23.8 Å². The first-order valence-corrected chi connectivity index (χ1v) is 7.02. The van der Waals surface area contributed by atoms with E-state index >= 15 is 0 Å². The molecule has 114 valence electrons. The van der Waals surface area contributed by atoms with Gasteiger partial charge in [-0.25, -0.2) is 0 Å². The SMILES string of the molecule is C=CCN(CC(=O)c1ccc(O)c(O)c1)Cc1ccccc1. The molecule has 0 unspecified atom stereocenters. The van der Waals surface area contributed by atoms with Crippen LogP contribution in [0.1, 0.15) is 15.9 Å². The van der Waals surface area contributed by atoms with Gasteiger partial charge >= 0.3 is 0 Å². The van der Waals surface area contributed by atoms with Crippen LogP contribution >= 0.6 is 0 Å². The Labute approximate surface area is 129 Å². The fourth-order valence-electron chi connectivity index (χ4n) is 2.20. The lowest BCUT2D eigenvalue weighted by Crippen LogP contribution is -2.29. The zero-order chi connectivity index (χ0) is 15.9. The molecule has 2 aromatic rings. The molecule has 0 spiro atoms. The fraction of sp³-hybridized carbons (Fsp3) is 0.167. The first kappa shape index (κ1) is 15.8. The van der Waals surface area contributed by atoms with Crippen LogP contribution in [0.2, 0.25) is 0 Å². The number of carbonyl (C=O) groups excluding carboxylic acids is 1. The first-order valence-electron chi connectivity index (χ1n) is 7.02. The zero-order valence-corrected chi connectivity index (χ0v) is 12.3. The third-order valence-corrected chi connectivity index (χ3v) is 3.30. The fourth-order valence-corrected chi connectivity index (χ4v) is 2.20. The standard InChI is InChI=1S/C18H19NO3/c1-2-10-19(12-14-6-4-3-5-7-14)13-18(22)15-8-9-16(20)17(21)11-15/h2-9,11,20-21H,1,10,12-13H2. The Morgan fingerprint density at radius 2 is 1.82 bits per heavy atom. The van der Waals surface area contributed by atoms with Crippen molar-refractivity contribution < 1.29 is 15.0 Å². The molecule has 0 aliphatic heterocycles. The van der Waals surface area contributed by atoms with Crippen LogP contribution in [0.5, 0.6) is 11.5 Å². The molecule has 2 rings (SSSR count). The van der Waals surface area contributed by atoms with E-state index in [1.165, 1.54) is 18.2 Å². The second-order valence-corrected chi connectivity index (χ2v) is 5.07. The topological polar surface area (TPSA) is 60.8 Å². The third-order valence-electron chi connectivity index (χ3n) is 3.30. The molecular formula is C18H19NO3. The molecule has 0 saturated carbocycles. The number of nitrogens with zero attached hydrogens (tertiary/aromatic N) is 1. The van der Waals surface area contributed by atoms with Crippen molar-refractivity contribution >= 4 is 5.78 Å². The first-order chi connectivity index (χ1) is 10.6. The Kier molecular flexibility index (Phi) is 5.33. The monoisotopic (exact) mass is 297 g/mol. The van der Waals surface area contributed by atoms with Crippen molar-refractivity contribution in [3.63, 3.8) is 0 Å². The number of carbonyl (C=O) groups is 1. The van der Waals surface area contributed by atoms with Crippen molar-refractivity contribution in [3.05, 3.63) is 72.3 Å². The molecular weight excluding hydrogens is 278 g/mol. The van der Waals surface area contributed by atoms with E-state index in [1.807, 2.05) is 35.2 Å². The molecule has 2 N–H and O–H groups in total. The van der Waals surface area contributed by atoms with Crippen LogP contribution < -0.4 is 0 Å². The van der Waals surface area contributed by atoms with Crippen molar-refractivity contribution in [3.8, 4) is 11.5 Å². The minimum atomic E-state index is -0.288. The van der Waals surface area contributed by atoms with Gasteiger partial charge in [-0.3, -0.25) is 9.69 Å². The number of hydrogen-bond acceptors (Lipinski definition) is 4. The Hall–Kier alpha value is -2.59. The van der Waals surface area contributed by atoms with Gasteiger partial charge in [0.2, 0.25) is 0 Å². The maximum Gasteiger partial charge on any atom is 0.176 e. The van der Waals surface area contributed by atoms with Gasteiger partial charge in [0.25, 0.3) is 0 Å². The average molecular weight is 297 g/mol. The van der Waals surface area contributed by atoms with Crippen LogP contribution in [-0.2, 0) is 6.54 Å². The van der Waals surface area contributed by atoms with Gasteiger partial charge in [0.15, 0.2) is 17.3 Å². The molecule has 2 aromatic carbocycles. The Morgan fingerprint density at radius 3 is 2.45 bits per heavy atom. The number of phenols is 2. The van der Waals surface area contributed by atoms with E-state index in [0.29, 0.717) is 18.7 Å². The van der Waals surface area contributed by atoms with Crippen LogP contribution in [0.15, 0.2) is 61.2 Å². The Balaban J connectivity index is 2.08. The van der Waals surface area contributed by atoms with Gasteiger partial charge in [-0.05, 0) is 23.8 Å². The van der Waals surface area contributed by atoms with Crippen molar-refractivity contribution in [2.45, 2.75) is 6.54 Å². The van der Waals surface area contributed by atoms with Gasteiger partial charge in [0.05, 0.1) is 6.54 Å². The van der Waals surface area contributed by atoms with E-state index in [2.05, 4.69) is 6.58 Å². The summed E-state index contributed by atoms with van der Waals surface area (Å²) in [5.41, 5.74) is 1.49. The molecule has 0 aliphatic carbocycles. The average Bonchev–Trinajstić information content (AvgIpc) is 2.51. The van der Waals surface area contributed by atoms with Gasteiger partial charge in [-0.1, -0.05) is 36.4 Å². The van der Waals surface area contributed by atoms with Crippen LogP contribution in [-0.4, -0.2) is 34.0 Å². The van der Waals surface area contributed by atoms with Crippen LogP contribution in [0.4, 0.5) is 0 Å². The minimum absolute atomic E-state index is 0.118. The number of ketones is 1. The maximum atomic E-state index is 12.3. The summed E-state index contributed by atoms with van der Waals surface area (Å²) in [6.45, 7) is 5.16. The van der Waals surface area contributed by atoms with Crippen LogP contribution in [0, 0.1) is 0 Å². The highest BCUT2D eigenvalue weighted by molar-refractivity contribution is 5.98. The van der Waals surface area contributed by atoms with Gasteiger partial charge < -0.3 is 10.2 Å². The molecule has 0 aliphatic rings. The van der Waals surface area contributed by atoms with E-state index in [1.54, 1.807) is 6.08 Å². The van der Waals surface area contributed by atoms with Crippen molar-refractivity contribution in [2.24, 2.45) is 0 Å². The van der Waals surface area contributed by atoms with E-state index in [4.69, 9.17) is 0 Å². The number of benzene rings is 2. The second kappa shape index (κ2) is 7.43. The summed E-state index contributed by atoms with van der Waals surface area (Å²) in [4.78, 5) is 14.3. The van der Waals surface area contributed by atoms with Crippen LogP contribution in [0.3, 0.4) is 0 Å². The third kappa shape index (κ3) is 4.20. The van der Waals surface area contributed by atoms with Gasteiger partial charge in [0.1, 0.15) is 0 Å². The number of rotatable bonds is 7. The van der Waals surface area contributed by atoms with E-state index in [9.17, 15) is 15.0 Å². The summed E-state index contributed by atoms with van der Waals surface area (Å²) in [5, 5.41) is 18.8. The second-order valence-electron chi connectivity index (χ2n) is 5.07. The molecule has 0 radical (unpaired) electrons. The lowest BCUT2D eigenvalue weighted by molar-refractivity contribution is 0.0933. The normalized spacial score (nSPS) is 10.6. The molecule has 4 heteroatoms. The van der Waals surface area contributed by atoms with E-state index < -0.39 is 0 Å². The van der Waals surface area contributed by atoms with Gasteiger partial charge in [-0.15, -0.1) is 6.58 Å². The summed E-state index contributed by atoms with van der Waals surface area (Å²) in [5.74, 6) is -0.638. The molecule has 4 nitrogen and oxygen atoms in total. The molecule has 0 amide bonds. The van der Waals surface area contributed by atoms with Crippen LogP contribution in [0.25, 0.3) is 0 Å². The zero-order valence-electron chi connectivity index (χ0n) is 12.3. The lowest BCUT2D eigenvalue weighted by atomic mass is 10.1. The molecule has 0 aromatic heterocycles. The Bertz CT molecular complexity index is 653. The highest BCUT2D eigenvalue weighted by Crippen LogP contribution is 2.25. The summed E-state index contributed by atoms with van der Waals surface area (Å²) in [6.07, 6.45) is 1.75. The molecule has 0 saturated heterocycles. The highest BCUT2D eigenvalue weighted by atomic mass is 16.3. The number of phenolic OH excluding ortho intramolecular Hbond substituents is 2. The molecule has 0 bridgehead atoms. The molecule has 0 fully saturated rings. The highest BCUT2D eigenvalue weighted by Gasteiger charge is 2.13. The minimum Gasteiger partial charge on any atom is -0.504 e. The number of aromatic hydroxyl groups is 2. The summed E-state index contributed by atoms with van der Waals surface area (Å²) < 4.78 is 0. The molecule has 0 heterocycles. The lowest BCUT2D eigenvalue weighted by Gasteiger charge is -2.20. The van der Waals surface area contributed by atoms with Crippen molar-refractivity contribution in [1.29, 1.82) is 0 Å². The quantitative estimate of drug-likeness (QED) is 0.468. The van der Waals surface area contributed by atoms with Crippen molar-refractivity contribution in [1.82, 2.24) is 4.90 Å². The van der Waals surface area contributed by atoms with Crippen molar-refractivity contribution in [2.75, 3.05) is 13.1 Å². The van der Waals surface area contributed by atoms with Gasteiger partial charge in [-0.2, -0.15) is 0 Å². The van der Waals surface area contributed by atoms with E-state index in [0.717, 1.165) is 5.56 Å². The molecule has 0 atom stereocenters. The maximum absolute atomic E-state index is 12.3. The molecule has 22 heavy (non-hydrogen) atoms. The largest absolute Gasteiger partial charge is 0.504 e. The summed E-state index contributed by atoms with van der Waals surface area (Å²) >= 11 is 0. The summed E-state index contributed by atoms with van der Waals surface area (Å²) in [7, 11) is 0. The Morgan fingerprint density at radius 1 is 1.09 bits per heavy atom. The summed E-state index contributed by atoms with van der Waals surface area (Å²) in [6, 6.07) is 14.0. The predicted molar refractivity (Wildman–Crippen MR) is 86.0 cm³/mol. The number of hydrogen-bond donors (Lipinski definition) is 2. The smallest absolute Gasteiger partial charge is 0.176 e. The van der Waals surface area contributed by atoms with Gasteiger partial charge in [0, 0.05) is 18.7 Å².